The lowest BCUT2D eigenvalue weighted by atomic mass is 10.2. The van der Waals surface area contributed by atoms with Gasteiger partial charge >= 0.3 is 0 Å². The molecule has 0 N–H and O–H groups in total. The van der Waals surface area contributed by atoms with Crippen molar-refractivity contribution in [2.75, 3.05) is 20.8 Å². The summed E-state index contributed by atoms with van der Waals surface area (Å²) >= 11 is 0.895. The lowest BCUT2D eigenvalue weighted by Gasteiger charge is -2.12. The van der Waals surface area contributed by atoms with Gasteiger partial charge in [-0.1, -0.05) is 12.1 Å². The number of nitro benzene ring substituents is 1. The first-order chi connectivity index (χ1) is 15.7. The number of thioether (sulfide) groups is 1. The largest absolute Gasteiger partial charge is 0.493 e. The predicted octanol–water partition coefficient (Wildman–Crippen LogP) is 3.46. The zero-order chi connectivity index (χ0) is 24.2. The molecule has 33 heavy (non-hydrogen) atoms. The van der Waals surface area contributed by atoms with E-state index in [9.17, 15) is 23.3 Å². The number of rotatable bonds is 8. The topological polar surface area (TPSA) is 128 Å². The van der Waals surface area contributed by atoms with Gasteiger partial charge in [0, 0.05) is 18.7 Å². The molecule has 1 aliphatic heterocycles. The molecule has 0 saturated carbocycles. The van der Waals surface area contributed by atoms with Gasteiger partial charge in [-0.05, 0) is 47.7 Å². The van der Waals surface area contributed by atoms with Gasteiger partial charge in [-0.15, -0.1) is 11.0 Å². The SMILES string of the molecule is C=CCN1C(=O)/C(=C\c2ccc(OC)c(OC)c2)S/C1=N/S(=O)(=O)c1ccc([N+](=O)[O-])cc1. The number of hydrogen-bond acceptors (Lipinski definition) is 8. The van der Waals surface area contributed by atoms with E-state index < -0.39 is 20.9 Å². The summed E-state index contributed by atoms with van der Waals surface area (Å²) < 4.78 is 39.8. The maximum atomic E-state index is 12.9. The van der Waals surface area contributed by atoms with Crippen molar-refractivity contribution in [1.82, 2.24) is 4.90 Å². The Kier molecular flexibility index (Phi) is 7.19. The van der Waals surface area contributed by atoms with Crippen LogP contribution >= 0.6 is 11.8 Å². The van der Waals surface area contributed by atoms with Crippen molar-refractivity contribution in [3.63, 3.8) is 0 Å². The molecule has 12 heteroatoms. The fourth-order valence-electron chi connectivity index (χ4n) is 2.86. The Morgan fingerprint density at radius 3 is 2.39 bits per heavy atom. The van der Waals surface area contributed by atoms with E-state index in [1.165, 1.54) is 25.2 Å². The van der Waals surface area contributed by atoms with Crippen LogP contribution < -0.4 is 9.47 Å². The predicted molar refractivity (Wildman–Crippen MR) is 125 cm³/mol. The number of nitro groups is 1. The first-order valence-electron chi connectivity index (χ1n) is 9.34. The number of hydrogen-bond donors (Lipinski definition) is 0. The summed E-state index contributed by atoms with van der Waals surface area (Å²) in [4.78, 5) is 24.3. The van der Waals surface area contributed by atoms with Crippen molar-refractivity contribution >= 4 is 44.6 Å². The van der Waals surface area contributed by atoms with E-state index in [0.29, 0.717) is 17.1 Å². The molecule has 0 aliphatic carbocycles. The van der Waals surface area contributed by atoms with E-state index in [2.05, 4.69) is 11.0 Å². The molecule has 1 amide bonds. The van der Waals surface area contributed by atoms with Crippen LogP contribution in [0.5, 0.6) is 11.5 Å². The number of amidine groups is 1. The summed E-state index contributed by atoms with van der Waals surface area (Å²) in [7, 11) is -1.23. The fraction of sp³-hybridized carbons (Fsp3) is 0.143. The van der Waals surface area contributed by atoms with Gasteiger partial charge in [-0.3, -0.25) is 19.8 Å². The van der Waals surface area contributed by atoms with Crippen LogP contribution in [0.2, 0.25) is 0 Å². The first kappa shape index (κ1) is 24.0. The monoisotopic (exact) mass is 489 g/mol. The summed E-state index contributed by atoms with van der Waals surface area (Å²) in [5.41, 5.74) is 0.391. The van der Waals surface area contributed by atoms with E-state index in [0.717, 1.165) is 36.0 Å². The van der Waals surface area contributed by atoms with E-state index in [-0.39, 0.29) is 27.2 Å². The van der Waals surface area contributed by atoms with Gasteiger partial charge < -0.3 is 9.47 Å². The summed E-state index contributed by atoms with van der Waals surface area (Å²) in [6.07, 6.45) is 3.04. The highest BCUT2D eigenvalue weighted by molar-refractivity contribution is 8.19. The minimum atomic E-state index is -4.22. The normalized spacial score (nSPS) is 16.3. The Morgan fingerprint density at radius 2 is 1.82 bits per heavy atom. The van der Waals surface area contributed by atoms with E-state index in [1.807, 2.05) is 0 Å². The molecule has 2 aromatic rings. The van der Waals surface area contributed by atoms with Gasteiger partial charge in [0.05, 0.1) is 28.9 Å². The highest BCUT2D eigenvalue weighted by Crippen LogP contribution is 2.35. The molecule has 1 aliphatic rings. The molecule has 172 valence electrons. The van der Waals surface area contributed by atoms with Gasteiger partial charge in [0.2, 0.25) is 0 Å². The molecule has 3 rings (SSSR count). The number of nitrogens with zero attached hydrogens (tertiary/aromatic N) is 3. The van der Waals surface area contributed by atoms with Crippen molar-refractivity contribution in [3.05, 3.63) is 75.7 Å². The van der Waals surface area contributed by atoms with Crippen molar-refractivity contribution in [3.8, 4) is 11.5 Å². The number of amides is 1. The summed E-state index contributed by atoms with van der Waals surface area (Å²) in [6, 6.07) is 9.43. The third-order valence-electron chi connectivity index (χ3n) is 4.45. The molecule has 1 fully saturated rings. The molecular weight excluding hydrogens is 470 g/mol. The minimum Gasteiger partial charge on any atom is -0.493 e. The summed E-state index contributed by atoms with van der Waals surface area (Å²) in [6.45, 7) is 3.65. The van der Waals surface area contributed by atoms with Gasteiger partial charge in [-0.25, -0.2) is 0 Å². The Hall–Kier alpha value is -3.64. The Labute approximate surface area is 194 Å². The number of non-ortho nitro benzene ring substituents is 1. The number of carbonyl (C=O) groups excluding carboxylic acids is 1. The molecule has 0 bridgehead atoms. The number of methoxy groups -OCH3 is 2. The molecule has 0 radical (unpaired) electrons. The second-order valence-corrected chi connectivity index (χ2v) is 9.14. The molecule has 1 saturated heterocycles. The van der Waals surface area contributed by atoms with Crippen molar-refractivity contribution < 1.29 is 27.6 Å². The van der Waals surface area contributed by atoms with Gasteiger partial charge in [0.15, 0.2) is 16.7 Å². The lowest BCUT2D eigenvalue weighted by Crippen LogP contribution is -2.29. The van der Waals surface area contributed by atoms with Gasteiger partial charge in [0.25, 0.3) is 21.6 Å². The molecule has 0 unspecified atom stereocenters. The van der Waals surface area contributed by atoms with Crippen LogP contribution in [0.4, 0.5) is 5.69 Å². The maximum Gasteiger partial charge on any atom is 0.284 e. The van der Waals surface area contributed by atoms with Crippen LogP contribution in [0.3, 0.4) is 0 Å². The van der Waals surface area contributed by atoms with Gasteiger partial charge in [0.1, 0.15) is 0 Å². The molecule has 0 spiro atoms. The second kappa shape index (κ2) is 9.88. The summed E-state index contributed by atoms with van der Waals surface area (Å²) in [5, 5.41) is 10.8. The van der Waals surface area contributed by atoms with E-state index in [4.69, 9.17) is 9.47 Å². The molecule has 0 aromatic heterocycles. The minimum absolute atomic E-state index is 0.0454. The molecule has 1 heterocycles. The summed E-state index contributed by atoms with van der Waals surface area (Å²) in [5.74, 6) is 0.557. The number of benzene rings is 2. The number of carbonyl (C=O) groups is 1. The zero-order valence-electron chi connectivity index (χ0n) is 17.6. The Bertz CT molecular complexity index is 1270. The zero-order valence-corrected chi connectivity index (χ0v) is 19.3. The second-order valence-electron chi connectivity index (χ2n) is 6.53. The maximum absolute atomic E-state index is 12.9. The fourth-order valence-corrected chi connectivity index (χ4v) is 5.05. The number of ether oxygens (including phenoxy) is 2. The van der Waals surface area contributed by atoms with E-state index >= 15 is 0 Å². The number of sulfonamides is 1. The van der Waals surface area contributed by atoms with E-state index in [1.54, 1.807) is 24.3 Å². The molecular formula is C21H19N3O7S2. The van der Waals surface area contributed by atoms with Crippen molar-refractivity contribution in [2.24, 2.45) is 4.40 Å². The average Bonchev–Trinajstić information content (AvgIpc) is 3.07. The van der Waals surface area contributed by atoms with Crippen LogP contribution in [-0.2, 0) is 14.8 Å². The van der Waals surface area contributed by atoms with Crippen LogP contribution in [0, 0.1) is 10.1 Å². The quantitative estimate of drug-likeness (QED) is 0.239. The lowest BCUT2D eigenvalue weighted by molar-refractivity contribution is -0.384. The molecule has 10 nitrogen and oxygen atoms in total. The molecule has 2 aromatic carbocycles. The van der Waals surface area contributed by atoms with Crippen LogP contribution in [0.15, 0.2) is 69.3 Å². The van der Waals surface area contributed by atoms with Crippen molar-refractivity contribution in [2.45, 2.75) is 4.90 Å². The average molecular weight is 490 g/mol. The Morgan fingerprint density at radius 1 is 1.15 bits per heavy atom. The van der Waals surface area contributed by atoms with Crippen LogP contribution in [-0.4, -0.2) is 50.1 Å². The molecule has 0 atom stereocenters. The highest BCUT2D eigenvalue weighted by Gasteiger charge is 2.34. The van der Waals surface area contributed by atoms with Crippen LogP contribution in [0.1, 0.15) is 5.56 Å². The van der Waals surface area contributed by atoms with Gasteiger partial charge in [-0.2, -0.15) is 8.42 Å². The standard InChI is InChI=1S/C21H19N3O7S2/c1-4-11-23-20(25)19(13-14-5-10-17(30-2)18(12-14)31-3)32-21(23)22-33(28,29)16-8-6-15(7-9-16)24(26)27/h4-10,12-13H,1,11H2,2-3H3/b19-13+,22-21+. The smallest absolute Gasteiger partial charge is 0.284 e. The van der Waals surface area contributed by atoms with Crippen molar-refractivity contribution in [1.29, 1.82) is 0 Å². The first-order valence-corrected chi connectivity index (χ1v) is 11.6. The Balaban J connectivity index is 1.97. The third kappa shape index (κ3) is 5.23. The highest BCUT2D eigenvalue weighted by atomic mass is 32.2. The van der Waals surface area contributed by atoms with Crippen LogP contribution in [0.25, 0.3) is 6.08 Å². The third-order valence-corrected chi connectivity index (χ3v) is 6.85.